The third-order valence-electron chi connectivity index (χ3n) is 5.06. The Morgan fingerprint density at radius 1 is 1.19 bits per heavy atom. The van der Waals surface area contributed by atoms with Crippen molar-refractivity contribution in [2.45, 2.75) is 44.4 Å². The lowest BCUT2D eigenvalue weighted by molar-refractivity contribution is -0.141. The van der Waals surface area contributed by atoms with Crippen LogP contribution in [0.1, 0.15) is 37.3 Å². The Bertz CT molecular complexity index is 947. The zero-order valence-electron chi connectivity index (χ0n) is 16.8. The molecular weight excluding hydrogens is 437 g/mol. The molecule has 0 radical (unpaired) electrons. The van der Waals surface area contributed by atoms with Gasteiger partial charge in [0.2, 0.25) is 0 Å². The van der Waals surface area contributed by atoms with Crippen LogP contribution in [0.3, 0.4) is 0 Å². The molecule has 2 aromatic rings. The Morgan fingerprint density at radius 2 is 1.94 bits per heavy atom. The first-order chi connectivity index (χ1) is 14.6. The number of halogens is 4. The highest BCUT2D eigenvalue weighted by Crippen LogP contribution is 2.40. The average Bonchev–Trinajstić information content (AvgIpc) is 3.05. The number of rotatable bonds is 9. The molecule has 0 saturated heterocycles. The molecule has 0 amide bonds. The second-order valence-corrected chi connectivity index (χ2v) is 7.76. The summed E-state index contributed by atoms with van der Waals surface area (Å²) in [4.78, 5) is 11.1. The Kier molecular flexibility index (Phi) is 6.89. The van der Waals surface area contributed by atoms with Crippen molar-refractivity contribution in [2.75, 3.05) is 13.2 Å². The molecule has 0 unspecified atom stereocenters. The van der Waals surface area contributed by atoms with Gasteiger partial charge in [-0.3, -0.25) is 4.79 Å². The van der Waals surface area contributed by atoms with Crippen LogP contribution in [0.5, 0.6) is 17.2 Å². The van der Waals surface area contributed by atoms with Gasteiger partial charge in [0.15, 0.2) is 0 Å². The van der Waals surface area contributed by atoms with Crippen LogP contribution in [0.4, 0.5) is 13.2 Å². The molecule has 168 valence electrons. The summed E-state index contributed by atoms with van der Waals surface area (Å²) >= 11 is 5.86. The molecule has 0 saturated carbocycles. The van der Waals surface area contributed by atoms with Gasteiger partial charge in [-0.1, -0.05) is 18.5 Å². The molecule has 31 heavy (non-hydrogen) atoms. The van der Waals surface area contributed by atoms with Crippen molar-refractivity contribution in [2.24, 2.45) is 0 Å². The number of hydrogen-bond acceptors (Lipinski definition) is 4. The first-order valence-electron chi connectivity index (χ1n) is 9.78. The van der Waals surface area contributed by atoms with E-state index in [0.29, 0.717) is 37.4 Å². The van der Waals surface area contributed by atoms with Gasteiger partial charge in [0.05, 0.1) is 30.2 Å². The molecule has 0 bridgehead atoms. The van der Waals surface area contributed by atoms with E-state index in [1.165, 1.54) is 6.07 Å². The van der Waals surface area contributed by atoms with Gasteiger partial charge < -0.3 is 19.3 Å². The molecule has 9 heteroatoms. The van der Waals surface area contributed by atoms with Crippen molar-refractivity contribution in [1.29, 1.82) is 0 Å². The van der Waals surface area contributed by atoms with E-state index in [1.54, 1.807) is 12.1 Å². The van der Waals surface area contributed by atoms with Crippen molar-refractivity contribution >= 4 is 17.6 Å². The molecule has 1 aliphatic rings. The normalized spacial score (nSPS) is 17.7. The highest BCUT2D eigenvalue weighted by molar-refractivity contribution is 6.32. The van der Waals surface area contributed by atoms with E-state index < -0.39 is 23.3 Å². The monoisotopic (exact) mass is 458 g/mol. The lowest BCUT2D eigenvalue weighted by atomic mass is 9.91. The molecular formula is C22H22ClF3O5. The number of fused-ring (bicyclic) bond motifs is 1. The van der Waals surface area contributed by atoms with Crippen LogP contribution in [0, 0.1) is 0 Å². The Balaban J connectivity index is 1.48. The van der Waals surface area contributed by atoms with Crippen molar-refractivity contribution in [3.8, 4) is 17.2 Å². The van der Waals surface area contributed by atoms with Crippen LogP contribution < -0.4 is 14.2 Å². The van der Waals surface area contributed by atoms with Crippen LogP contribution in [0.25, 0.3) is 0 Å². The summed E-state index contributed by atoms with van der Waals surface area (Å²) in [5.41, 5.74) is -0.667. The molecule has 1 heterocycles. The van der Waals surface area contributed by atoms with Crippen LogP contribution in [-0.2, 0) is 17.4 Å². The summed E-state index contributed by atoms with van der Waals surface area (Å²) in [7, 11) is 0. The van der Waals surface area contributed by atoms with Crippen LogP contribution in [0.15, 0.2) is 36.4 Å². The number of benzene rings is 2. The molecule has 1 atom stereocenters. The maximum absolute atomic E-state index is 12.7. The average molecular weight is 459 g/mol. The summed E-state index contributed by atoms with van der Waals surface area (Å²) < 4.78 is 55.0. The standard InChI is InChI=1S/C22H22ClF3O5/c1-2-21(13-20(27)28)12-14-10-16(5-7-18(14)31-21)29-8-3-9-30-19-6-4-15(11-17(19)23)22(24,25)26/h4-7,10-11H,2-3,8-9,12-13H2,1H3,(H,27,28)/t21-/m0/s1. The lowest BCUT2D eigenvalue weighted by Crippen LogP contribution is -2.36. The molecule has 1 N–H and O–H groups in total. The Morgan fingerprint density at radius 3 is 2.58 bits per heavy atom. The maximum atomic E-state index is 12.7. The second kappa shape index (κ2) is 9.26. The van der Waals surface area contributed by atoms with Crippen molar-refractivity contribution in [1.82, 2.24) is 0 Å². The van der Waals surface area contributed by atoms with E-state index in [-0.39, 0.29) is 23.8 Å². The van der Waals surface area contributed by atoms with E-state index in [4.69, 9.17) is 30.9 Å². The minimum atomic E-state index is -4.46. The molecule has 1 aliphatic heterocycles. The van der Waals surface area contributed by atoms with E-state index in [1.807, 2.05) is 13.0 Å². The maximum Gasteiger partial charge on any atom is 0.416 e. The van der Waals surface area contributed by atoms with Crippen LogP contribution >= 0.6 is 11.6 Å². The number of carboxylic acid groups (broad SMARTS) is 1. The van der Waals surface area contributed by atoms with E-state index in [0.717, 1.165) is 17.7 Å². The van der Waals surface area contributed by atoms with Crippen molar-refractivity contribution < 1.29 is 37.3 Å². The fourth-order valence-electron chi connectivity index (χ4n) is 3.42. The second-order valence-electron chi connectivity index (χ2n) is 7.35. The van der Waals surface area contributed by atoms with Crippen LogP contribution in [-0.4, -0.2) is 29.9 Å². The van der Waals surface area contributed by atoms with Crippen LogP contribution in [0.2, 0.25) is 5.02 Å². The number of carboxylic acids is 1. The quantitative estimate of drug-likeness (QED) is 0.483. The highest BCUT2D eigenvalue weighted by Gasteiger charge is 2.40. The predicted molar refractivity (Wildman–Crippen MR) is 108 cm³/mol. The smallest absolute Gasteiger partial charge is 0.416 e. The number of aliphatic carboxylic acids is 1. The lowest BCUT2D eigenvalue weighted by Gasteiger charge is -2.25. The third kappa shape index (κ3) is 5.76. The van der Waals surface area contributed by atoms with E-state index in [9.17, 15) is 18.0 Å². The fourth-order valence-corrected chi connectivity index (χ4v) is 3.66. The van der Waals surface area contributed by atoms with Gasteiger partial charge in [-0.2, -0.15) is 13.2 Å². The van der Waals surface area contributed by atoms with Crippen molar-refractivity contribution in [3.05, 3.63) is 52.5 Å². The minimum Gasteiger partial charge on any atom is -0.493 e. The summed E-state index contributed by atoms with van der Waals surface area (Å²) in [5.74, 6) is 0.561. The predicted octanol–water partition coefficient (Wildman–Crippen LogP) is 5.77. The van der Waals surface area contributed by atoms with Gasteiger partial charge in [-0.15, -0.1) is 0 Å². The third-order valence-corrected chi connectivity index (χ3v) is 5.36. The first kappa shape index (κ1) is 23.1. The number of carbonyl (C=O) groups is 1. The molecule has 5 nitrogen and oxygen atoms in total. The summed E-state index contributed by atoms with van der Waals surface area (Å²) in [6, 6.07) is 8.30. The molecule has 0 aliphatic carbocycles. The summed E-state index contributed by atoms with van der Waals surface area (Å²) in [6.07, 6.45) is -2.96. The van der Waals surface area contributed by atoms with Crippen molar-refractivity contribution in [3.63, 3.8) is 0 Å². The Hall–Kier alpha value is -2.61. The first-order valence-corrected chi connectivity index (χ1v) is 10.2. The SMILES string of the molecule is CC[C@@]1(CC(=O)O)Cc2cc(OCCCOc3ccc(C(F)(F)F)cc3Cl)ccc2O1. The van der Waals surface area contributed by atoms with Gasteiger partial charge in [-0.25, -0.2) is 0 Å². The van der Waals surface area contributed by atoms with Gasteiger partial charge in [-0.05, 0) is 42.8 Å². The minimum absolute atomic E-state index is 0.0712. The molecule has 0 spiro atoms. The van der Waals surface area contributed by atoms with Gasteiger partial charge >= 0.3 is 12.1 Å². The number of alkyl halides is 3. The van der Waals surface area contributed by atoms with Gasteiger partial charge in [0.25, 0.3) is 0 Å². The molecule has 0 fully saturated rings. The molecule has 3 rings (SSSR count). The van der Waals surface area contributed by atoms with E-state index in [2.05, 4.69) is 0 Å². The topological polar surface area (TPSA) is 65.0 Å². The highest BCUT2D eigenvalue weighted by atomic mass is 35.5. The summed E-state index contributed by atoms with van der Waals surface area (Å²) in [6.45, 7) is 2.44. The molecule has 2 aromatic carbocycles. The molecule has 0 aromatic heterocycles. The zero-order valence-corrected chi connectivity index (χ0v) is 17.6. The largest absolute Gasteiger partial charge is 0.493 e. The van der Waals surface area contributed by atoms with E-state index >= 15 is 0 Å². The number of ether oxygens (including phenoxy) is 3. The fraction of sp³-hybridized carbons (Fsp3) is 0.409. The zero-order chi connectivity index (χ0) is 22.6. The van der Waals surface area contributed by atoms with Gasteiger partial charge in [0, 0.05) is 18.4 Å². The van der Waals surface area contributed by atoms with Gasteiger partial charge in [0.1, 0.15) is 22.8 Å². The number of hydrogen-bond donors (Lipinski definition) is 1. The summed E-state index contributed by atoms with van der Waals surface area (Å²) in [5, 5.41) is 9.04. The Labute approximate surface area is 182 Å².